The van der Waals surface area contributed by atoms with Crippen LogP contribution in [0.5, 0.6) is 0 Å². The van der Waals surface area contributed by atoms with Crippen molar-refractivity contribution in [1.82, 2.24) is 0 Å². The Morgan fingerprint density at radius 1 is 1.78 bits per heavy atom. The summed E-state index contributed by atoms with van der Waals surface area (Å²) >= 11 is 1.67. The minimum absolute atomic E-state index is 0.209. The largest absolute Gasteiger partial charge is 0.393 e. The zero-order valence-electron chi connectivity index (χ0n) is 5.37. The molecule has 1 aromatic rings. The Balaban J connectivity index is 2.48. The minimum atomic E-state index is -0.209. The van der Waals surface area contributed by atoms with Gasteiger partial charge >= 0.3 is 0 Å². The van der Waals surface area contributed by atoms with Crippen molar-refractivity contribution in [2.45, 2.75) is 19.4 Å². The van der Waals surface area contributed by atoms with Crippen molar-refractivity contribution in [2.75, 3.05) is 0 Å². The lowest BCUT2D eigenvalue weighted by Crippen LogP contribution is -2.02. The van der Waals surface area contributed by atoms with E-state index in [2.05, 4.69) is 5.38 Å². The van der Waals surface area contributed by atoms with Crippen molar-refractivity contribution in [1.29, 1.82) is 0 Å². The summed E-state index contributed by atoms with van der Waals surface area (Å²) in [5.74, 6) is 0. The fourth-order valence-corrected chi connectivity index (χ4v) is 1.43. The molecule has 0 bridgehead atoms. The second kappa shape index (κ2) is 2.99. The summed E-state index contributed by atoms with van der Waals surface area (Å²) < 4.78 is 0. The Labute approximate surface area is 59.0 Å². The molecule has 1 rings (SSSR count). The normalized spacial score (nSPS) is 13.6. The third-order valence-electron chi connectivity index (χ3n) is 1.11. The van der Waals surface area contributed by atoms with E-state index in [1.807, 2.05) is 11.4 Å². The Kier molecular flexibility index (Phi) is 2.25. The van der Waals surface area contributed by atoms with Crippen LogP contribution < -0.4 is 0 Å². The van der Waals surface area contributed by atoms with Gasteiger partial charge in [-0.2, -0.15) is 11.3 Å². The first-order chi connectivity index (χ1) is 4.29. The van der Waals surface area contributed by atoms with Gasteiger partial charge in [0.25, 0.3) is 0 Å². The molecular formula is C7H10OS. The van der Waals surface area contributed by atoms with Crippen LogP contribution in [-0.4, -0.2) is 11.2 Å². The van der Waals surface area contributed by atoms with Crippen molar-refractivity contribution in [3.8, 4) is 0 Å². The molecule has 0 saturated heterocycles. The van der Waals surface area contributed by atoms with Gasteiger partial charge in [-0.25, -0.2) is 0 Å². The van der Waals surface area contributed by atoms with Crippen molar-refractivity contribution in [3.05, 3.63) is 22.4 Å². The van der Waals surface area contributed by atoms with E-state index in [1.165, 1.54) is 5.56 Å². The average Bonchev–Trinajstić information content (AvgIpc) is 2.15. The Morgan fingerprint density at radius 2 is 2.56 bits per heavy atom. The lowest BCUT2D eigenvalue weighted by Gasteiger charge is -1.98. The van der Waals surface area contributed by atoms with Crippen LogP contribution in [0.4, 0.5) is 0 Å². The molecule has 0 unspecified atom stereocenters. The van der Waals surface area contributed by atoms with Gasteiger partial charge in [-0.1, -0.05) is 0 Å². The first kappa shape index (κ1) is 6.78. The van der Waals surface area contributed by atoms with Gasteiger partial charge in [0, 0.05) is 0 Å². The number of aliphatic hydroxyl groups is 1. The van der Waals surface area contributed by atoms with Crippen LogP contribution in [0.15, 0.2) is 16.8 Å². The molecule has 1 nitrogen and oxygen atoms in total. The highest BCUT2D eigenvalue weighted by Gasteiger charge is 1.96. The summed E-state index contributed by atoms with van der Waals surface area (Å²) in [5, 5.41) is 13.0. The first-order valence-electron chi connectivity index (χ1n) is 2.98. The molecule has 50 valence electrons. The monoisotopic (exact) mass is 142 g/mol. The predicted octanol–water partition coefficient (Wildman–Crippen LogP) is 1.67. The molecule has 1 atom stereocenters. The number of hydrogen-bond donors (Lipinski definition) is 1. The summed E-state index contributed by atoms with van der Waals surface area (Å²) in [6.07, 6.45) is 0.573. The summed E-state index contributed by atoms with van der Waals surface area (Å²) in [7, 11) is 0. The van der Waals surface area contributed by atoms with E-state index in [0.29, 0.717) is 0 Å². The van der Waals surface area contributed by atoms with Gasteiger partial charge in [0.15, 0.2) is 0 Å². The molecule has 0 radical (unpaired) electrons. The summed E-state index contributed by atoms with van der Waals surface area (Å²) in [5.41, 5.74) is 1.23. The maximum atomic E-state index is 8.93. The number of aliphatic hydroxyl groups excluding tert-OH is 1. The lowest BCUT2D eigenvalue weighted by atomic mass is 10.2. The van der Waals surface area contributed by atoms with Crippen LogP contribution in [0, 0.1) is 0 Å². The van der Waals surface area contributed by atoms with E-state index >= 15 is 0 Å². The van der Waals surface area contributed by atoms with E-state index in [-0.39, 0.29) is 6.10 Å². The van der Waals surface area contributed by atoms with Crippen LogP contribution in [-0.2, 0) is 6.42 Å². The molecule has 9 heavy (non-hydrogen) atoms. The van der Waals surface area contributed by atoms with E-state index < -0.39 is 0 Å². The van der Waals surface area contributed by atoms with Gasteiger partial charge in [0.1, 0.15) is 0 Å². The van der Waals surface area contributed by atoms with Crippen LogP contribution >= 0.6 is 11.3 Å². The van der Waals surface area contributed by atoms with Crippen LogP contribution in [0.25, 0.3) is 0 Å². The zero-order chi connectivity index (χ0) is 6.69. The van der Waals surface area contributed by atoms with Crippen LogP contribution in [0.1, 0.15) is 12.5 Å². The van der Waals surface area contributed by atoms with Crippen LogP contribution in [0.3, 0.4) is 0 Å². The van der Waals surface area contributed by atoms with Crippen molar-refractivity contribution >= 4 is 11.3 Å². The Morgan fingerprint density at radius 3 is 3.00 bits per heavy atom. The zero-order valence-corrected chi connectivity index (χ0v) is 6.19. The van der Waals surface area contributed by atoms with Gasteiger partial charge < -0.3 is 5.11 Å². The molecule has 0 spiro atoms. The molecule has 1 aromatic heterocycles. The molecule has 0 aliphatic heterocycles. The third-order valence-corrected chi connectivity index (χ3v) is 1.84. The van der Waals surface area contributed by atoms with Crippen molar-refractivity contribution < 1.29 is 5.11 Å². The predicted molar refractivity (Wildman–Crippen MR) is 39.7 cm³/mol. The summed E-state index contributed by atoms with van der Waals surface area (Å²) in [6, 6.07) is 2.04. The second-order valence-electron chi connectivity index (χ2n) is 2.18. The summed E-state index contributed by atoms with van der Waals surface area (Å²) in [4.78, 5) is 0. The maximum Gasteiger partial charge on any atom is 0.0552 e. The third kappa shape index (κ3) is 2.16. The lowest BCUT2D eigenvalue weighted by molar-refractivity contribution is 0.195. The van der Waals surface area contributed by atoms with E-state index in [1.54, 1.807) is 18.3 Å². The Bertz CT molecular complexity index is 155. The fourth-order valence-electron chi connectivity index (χ4n) is 0.750. The highest BCUT2D eigenvalue weighted by atomic mass is 32.1. The topological polar surface area (TPSA) is 20.2 Å². The smallest absolute Gasteiger partial charge is 0.0552 e. The van der Waals surface area contributed by atoms with Gasteiger partial charge in [-0.3, -0.25) is 0 Å². The van der Waals surface area contributed by atoms with E-state index in [4.69, 9.17) is 5.11 Å². The number of hydrogen-bond acceptors (Lipinski definition) is 2. The van der Waals surface area contributed by atoms with Gasteiger partial charge in [0.05, 0.1) is 6.10 Å². The molecule has 1 heterocycles. The highest BCUT2D eigenvalue weighted by Crippen LogP contribution is 2.07. The standard InChI is InChI=1S/C7H10OS/c1-6(8)4-7-2-3-9-5-7/h2-3,5-6,8H,4H2,1H3/t6-/m1/s1. The van der Waals surface area contributed by atoms with Gasteiger partial charge in [-0.05, 0) is 35.7 Å². The van der Waals surface area contributed by atoms with E-state index in [9.17, 15) is 0 Å². The molecule has 0 aliphatic carbocycles. The molecule has 1 N–H and O–H groups in total. The number of rotatable bonds is 2. The van der Waals surface area contributed by atoms with Gasteiger partial charge in [0.2, 0.25) is 0 Å². The van der Waals surface area contributed by atoms with Gasteiger partial charge in [-0.15, -0.1) is 0 Å². The molecule has 2 heteroatoms. The summed E-state index contributed by atoms with van der Waals surface area (Å²) in [6.45, 7) is 1.80. The quantitative estimate of drug-likeness (QED) is 0.666. The second-order valence-corrected chi connectivity index (χ2v) is 2.96. The molecule has 0 aliphatic rings. The van der Waals surface area contributed by atoms with Crippen molar-refractivity contribution in [2.24, 2.45) is 0 Å². The maximum absolute atomic E-state index is 8.93. The first-order valence-corrected chi connectivity index (χ1v) is 3.92. The molecule has 0 amide bonds. The molecular weight excluding hydrogens is 132 g/mol. The SMILES string of the molecule is C[C@@H](O)Cc1ccsc1. The van der Waals surface area contributed by atoms with E-state index in [0.717, 1.165) is 6.42 Å². The molecule has 0 fully saturated rings. The Hall–Kier alpha value is -0.340. The highest BCUT2D eigenvalue weighted by molar-refractivity contribution is 7.07. The fraction of sp³-hybridized carbons (Fsp3) is 0.429. The molecule has 0 saturated carbocycles. The number of thiophene rings is 1. The minimum Gasteiger partial charge on any atom is -0.393 e. The average molecular weight is 142 g/mol. The van der Waals surface area contributed by atoms with Crippen molar-refractivity contribution in [3.63, 3.8) is 0 Å². The van der Waals surface area contributed by atoms with Crippen LogP contribution in [0.2, 0.25) is 0 Å². The molecule has 0 aromatic carbocycles.